The molecule has 0 radical (unpaired) electrons. The minimum Gasteiger partial charge on any atom is -0.309 e. The first-order chi connectivity index (χ1) is 16.7. The Hall–Kier alpha value is -3.93. The zero-order valence-corrected chi connectivity index (χ0v) is 19.4. The van der Waals surface area contributed by atoms with Gasteiger partial charge < -0.3 is 4.57 Å². The van der Waals surface area contributed by atoms with Gasteiger partial charge in [-0.05, 0) is 55.9 Å². The number of hydrogen-bond acceptors (Lipinski definition) is 1. The maximum atomic E-state index is 14.9. The van der Waals surface area contributed by atoms with Crippen LogP contribution in [0, 0.1) is 0 Å². The molecule has 0 atom stereocenters. The third-order valence-electron chi connectivity index (χ3n) is 7.07. The second-order valence-electron chi connectivity index (χ2n) is 8.88. The second-order valence-corrected chi connectivity index (χ2v) is 11.7. The summed E-state index contributed by atoms with van der Waals surface area (Å²) in [6, 6.07) is 43.7. The highest BCUT2D eigenvalue weighted by Crippen LogP contribution is 2.51. The highest BCUT2D eigenvalue weighted by Gasteiger charge is 2.32. The molecule has 0 spiro atoms. The maximum absolute atomic E-state index is 14.9. The van der Waals surface area contributed by atoms with Crippen LogP contribution in [0.3, 0.4) is 0 Å². The Kier molecular flexibility index (Phi) is 4.19. The van der Waals surface area contributed by atoms with Crippen LogP contribution in [0.4, 0.5) is 0 Å². The summed E-state index contributed by atoms with van der Waals surface area (Å²) >= 11 is 0. The van der Waals surface area contributed by atoms with Crippen molar-refractivity contribution in [3.63, 3.8) is 0 Å². The lowest BCUT2D eigenvalue weighted by molar-refractivity contribution is 0.592. The van der Waals surface area contributed by atoms with Crippen molar-refractivity contribution in [3.8, 4) is 22.3 Å². The van der Waals surface area contributed by atoms with E-state index in [4.69, 9.17) is 0 Å². The first-order valence-electron chi connectivity index (χ1n) is 11.6. The molecule has 2 heteroatoms. The van der Waals surface area contributed by atoms with Crippen molar-refractivity contribution >= 4 is 44.6 Å². The van der Waals surface area contributed by atoms with Crippen LogP contribution < -0.4 is 15.9 Å². The van der Waals surface area contributed by atoms with E-state index in [1.807, 2.05) is 60.7 Å². The van der Waals surface area contributed by atoms with Gasteiger partial charge in [0, 0.05) is 15.9 Å². The minimum absolute atomic E-state index is 0.862. The fourth-order valence-corrected chi connectivity index (χ4v) is 8.18. The molecule has 6 aromatic rings. The quantitative estimate of drug-likeness (QED) is 0.203. The first kappa shape index (κ1) is 19.5. The monoisotopic (exact) mass is 452 g/mol. The van der Waals surface area contributed by atoms with E-state index >= 15 is 0 Å². The Morgan fingerprint density at radius 1 is 0.412 bits per heavy atom. The van der Waals surface area contributed by atoms with E-state index in [-0.39, 0.29) is 0 Å². The van der Waals surface area contributed by atoms with Gasteiger partial charge in [0.2, 0.25) is 0 Å². The molecule has 0 aliphatic heterocycles. The van der Waals surface area contributed by atoms with Crippen molar-refractivity contribution in [3.05, 3.63) is 127 Å². The zero-order chi connectivity index (χ0) is 22.7. The molecule has 1 nitrogen and oxygen atoms in total. The normalized spacial score (nSPS) is 12.2. The molecule has 0 unspecified atom stereocenters. The predicted octanol–water partition coefficient (Wildman–Crippen LogP) is 7.28. The summed E-state index contributed by atoms with van der Waals surface area (Å²) < 4.78 is 14.9. The summed E-state index contributed by atoms with van der Waals surface area (Å²) in [5.41, 5.74) is 4.87. The molecule has 6 aromatic carbocycles. The van der Waals surface area contributed by atoms with Crippen LogP contribution in [0.25, 0.3) is 43.8 Å². The summed E-state index contributed by atoms with van der Waals surface area (Å²) in [6.07, 6.45) is 0. The molecule has 0 saturated carbocycles. The Balaban J connectivity index is 1.52. The number of rotatable bonds is 3. The van der Waals surface area contributed by atoms with Crippen molar-refractivity contribution in [2.45, 2.75) is 0 Å². The molecule has 0 bridgehead atoms. The van der Waals surface area contributed by atoms with Gasteiger partial charge in [-0.15, -0.1) is 0 Å². The molecule has 1 aliphatic rings. The van der Waals surface area contributed by atoms with Gasteiger partial charge in [0.05, 0.1) is 0 Å². The van der Waals surface area contributed by atoms with E-state index in [2.05, 4.69) is 66.7 Å². The molecular formula is C32H21OP. The van der Waals surface area contributed by atoms with E-state index in [0.29, 0.717) is 0 Å². The summed E-state index contributed by atoms with van der Waals surface area (Å²) in [7, 11) is -3.02. The van der Waals surface area contributed by atoms with Crippen LogP contribution in [-0.4, -0.2) is 0 Å². The Morgan fingerprint density at radius 2 is 1.06 bits per heavy atom. The number of fused-ring (bicyclic) bond motifs is 5. The SMILES string of the molecule is O=P(c1ccccc1)(c1ccccc1)c1ccc2c(c1)-c1cccc3c1c-2cc1ccccc13. The van der Waals surface area contributed by atoms with E-state index in [1.165, 1.54) is 43.8 Å². The van der Waals surface area contributed by atoms with E-state index in [9.17, 15) is 4.57 Å². The lowest BCUT2D eigenvalue weighted by atomic mass is 9.97. The van der Waals surface area contributed by atoms with Crippen molar-refractivity contribution < 1.29 is 4.57 Å². The van der Waals surface area contributed by atoms with E-state index < -0.39 is 7.14 Å². The highest BCUT2D eigenvalue weighted by atomic mass is 31.2. The Bertz CT molecular complexity index is 1720. The van der Waals surface area contributed by atoms with Gasteiger partial charge in [0.1, 0.15) is 0 Å². The van der Waals surface area contributed by atoms with E-state index in [1.54, 1.807) is 0 Å². The van der Waals surface area contributed by atoms with Gasteiger partial charge in [-0.3, -0.25) is 0 Å². The zero-order valence-electron chi connectivity index (χ0n) is 18.5. The second kappa shape index (κ2) is 7.29. The van der Waals surface area contributed by atoms with E-state index in [0.717, 1.165) is 15.9 Å². The average molecular weight is 452 g/mol. The number of hydrogen-bond donors (Lipinski definition) is 0. The standard InChI is InChI=1S/C32H21OP/c33-34(23-11-3-1-4-12-23,24-13-5-2-6-14-24)25-18-19-27-30(21-25)29-17-9-16-28-26-15-8-7-10-22(26)20-31(27)32(28)29/h1-21H. The first-order valence-corrected chi connectivity index (χ1v) is 13.3. The van der Waals surface area contributed by atoms with Gasteiger partial charge in [0.15, 0.2) is 7.14 Å². The minimum atomic E-state index is -3.02. The van der Waals surface area contributed by atoms with Crippen LogP contribution in [0.1, 0.15) is 0 Å². The average Bonchev–Trinajstić information content (AvgIpc) is 3.23. The maximum Gasteiger partial charge on any atom is 0.171 e. The number of benzene rings is 6. The smallest absolute Gasteiger partial charge is 0.171 e. The van der Waals surface area contributed by atoms with Crippen molar-refractivity contribution in [2.24, 2.45) is 0 Å². The van der Waals surface area contributed by atoms with Crippen LogP contribution >= 0.6 is 7.14 Å². The summed E-state index contributed by atoms with van der Waals surface area (Å²) in [5, 5.41) is 7.69. The summed E-state index contributed by atoms with van der Waals surface area (Å²) in [4.78, 5) is 0. The van der Waals surface area contributed by atoms with Gasteiger partial charge in [-0.25, -0.2) is 0 Å². The molecule has 160 valence electrons. The molecule has 0 heterocycles. The lowest BCUT2D eigenvalue weighted by Crippen LogP contribution is -2.25. The largest absolute Gasteiger partial charge is 0.309 e. The summed E-state index contributed by atoms with van der Waals surface area (Å²) in [5.74, 6) is 0. The van der Waals surface area contributed by atoms with Gasteiger partial charge >= 0.3 is 0 Å². The van der Waals surface area contributed by atoms with Crippen LogP contribution in [0.15, 0.2) is 127 Å². The summed E-state index contributed by atoms with van der Waals surface area (Å²) in [6.45, 7) is 0. The molecule has 0 fully saturated rings. The van der Waals surface area contributed by atoms with Gasteiger partial charge in [-0.2, -0.15) is 0 Å². The molecule has 1 aliphatic carbocycles. The topological polar surface area (TPSA) is 17.1 Å². The molecule has 7 rings (SSSR count). The third-order valence-corrected chi connectivity index (χ3v) is 10.1. The fourth-order valence-electron chi connectivity index (χ4n) is 5.51. The Labute approximate surface area is 198 Å². The van der Waals surface area contributed by atoms with Crippen molar-refractivity contribution in [1.82, 2.24) is 0 Å². The fraction of sp³-hybridized carbons (Fsp3) is 0. The molecule has 0 N–H and O–H groups in total. The van der Waals surface area contributed by atoms with Crippen LogP contribution in [0.2, 0.25) is 0 Å². The van der Waals surface area contributed by atoms with Gasteiger partial charge in [0.25, 0.3) is 0 Å². The van der Waals surface area contributed by atoms with Crippen molar-refractivity contribution in [2.75, 3.05) is 0 Å². The highest BCUT2D eigenvalue weighted by molar-refractivity contribution is 7.85. The third kappa shape index (κ3) is 2.65. The molecule has 0 aromatic heterocycles. The van der Waals surface area contributed by atoms with Crippen LogP contribution in [0.5, 0.6) is 0 Å². The predicted molar refractivity (Wildman–Crippen MR) is 145 cm³/mol. The molecular weight excluding hydrogens is 431 g/mol. The molecule has 0 amide bonds. The molecule has 34 heavy (non-hydrogen) atoms. The molecule has 0 saturated heterocycles. The van der Waals surface area contributed by atoms with Gasteiger partial charge in [-0.1, -0.05) is 115 Å². The van der Waals surface area contributed by atoms with Crippen molar-refractivity contribution in [1.29, 1.82) is 0 Å². The lowest BCUT2D eigenvalue weighted by Gasteiger charge is -2.21. The van der Waals surface area contributed by atoms with Crippen LogP contribution in [-0.2, 0) is 4.57 Å². The Morgan fingerprint density at radius 3 is 1.79 bits per heavy atom.